The van der Waals surface area contributed by atoms with E-state index < -0.39 is 6.10 Å². The molecule has 2 unspecified atom stereocenters. The minimum atomic E-state index is -0.782. The van der Waals surface area contributed by atoms with Crippen LogP contribution >= 0.6 is 0 Å². The number of nitrogens with zero attached hydrogens (tertiary/aromatic N) is 2. The molecule has 1 aromatic heterocycles. The molecule has 1 saturated carbocycles. The van der Waals surface area contributed by atoms with Crippen molar-refractivity contribution < 1.29 is 14.4 Å². The Balaban J connectivity index is 2.06. The highest BCUT2D eigenvalue weighted by Gasteiger charge is 2.29. The SMILES string of the molecule is COC(c1noc(C(O)CCN)n1)C1CCCCC1. The first kappa shape index (κ1) is 14.4. The van der Waals surface area contributed by atoms with Crippen molar-refractivity contribution >= 4 is 0 Å². The summed E-state index contributed by atoms with van der Waals surface area (Å²) in [5.41, 5.74) is 5.40. The molecule has 0 spiro atoms. The number of aromatic nitrogens is 2. The molecule has 0 aliphatic heterocycles. The molecule has 1 aliphatic carbocycles. The van der Waals surface area contributed by atoms with Crippen molar-refractivity contribution in [1.29, 1.82) is 0 Å². The zero-order chi connectivity index (χ0) is 13.7. The lowest BCUT2D eigenvalue weighted by molar-refractivity contribution is 0.0273. The molecule has 1 fully saturated rings. The van der Waals surface area contributed by atoms with Crippen LogP contribution in [-0.4, -0.2) is 28.9 Å². The van der Waals surface area contributed by atoms with Gasteiger partial charge in [0.1, 0.15) is 12.2 Å². The van der Waals surface area contributed by atoms with Crippen LogP contribution in [0.3, 0.4) is 0 Å². The molecule has 2 atom stereocenters. The topological polar surface area (TPSA) is 94.4 Å². The van der Waals surface area contributed by atoms with E-state index in [9.17, 15) is 5.11 Å². The maximum absolute atomic E-state index is 9.78. The Morgan fingerprint density at radius 1 is 1.42 bits per heavy atom. The Hall–Kier alpha value is -0.980. The van der Waals surface area contributed by atoms with Crippen LogP contribution in [0, 0.1) is 5.92 Å². The number of rotatable bonds is 6. The molecule has 2 rings (SSSR count). The molecule has 6 nitrogen and oxygen atoms in total. The van der Waals surface area contributed by atoms with Crippen LogP contribution in [0.4, 0.5) is 0 Å². The predicted octanol–water partition coefficient (Wildman–Crippen LogP) is 1.72. The minimum absolute atomic E-state index is 0.136. The van der Waals surface area contributed by atoms with Crippen molar-refractivity contribution in [3.05, 3.63) is 11.7 Å². The van der Waals surface area contributed by atoms with Crippen molar-refractivity contribution in [2.45, 2.75) is 50.7 Å². The summed E-state index contributed by atoms with van der Waals surface area (Å²) in [6.45, 7) is 0.384. The molecule has 1 heterocycles. The largest absolute Gasteiger partial charge is 0.383 e. The van der Waals surface area contributed by atoms with Gasteiger partial charge in [0.15, 0.2) is 0 Å². The molecule has 1 aliphatic rings. The lowest BCUT2D eigenvalue weighted by atomic mass is 9.85. The second kappa shape index (κ2) is 6.98. The summed E-state index contributed by atoms with van der Waals surface area (Å²) in [5, 5.41) is 13.7. The molecule has 19 heavy (non-hydrogen) atoms. The van der Waals surface area contributed by atoms with Gasteiger partial charge in [0, 0.05) is 7.11 Å². The summed E-state index contributed by atoms with van der Waals surface area (Å²) in [5.74, 6) is 1.22. The quantitative estimate of drug-likeness (QED) is 0.816. The first-order chi connectivity index (χ1) is 9.26. The Kier molecular flexibility index (Phi) is 5.30. The van der Waals surface area contributed by atoms with Crippen molar-refractivity contribution in [2.75, 3.05) is 13.7 Å². The summed E-state index contributed by atoms with van der Waals surface area (Å²) >= 11 is 0. The highest BCUT2D eigenvalue weighted by atomic mass is 16.5. The molecule has 0 radical (unpaired) electrons. The molecule has 6 heteroatoms. The van der Waals surface area contributed by atoms with Gasteiger partial charge in [0.05, 0.1) is 0 Å². The first-order valence-electron chi connectivity index (χ1n) is 7.00. The fourth-order valence-corrected chi connectivity index (χ4v) is 2.73. The maximum atomic E-state index is 9.78. The molecule has 0 aromatic carbocycles. The van der Waals surface area contributed by atoms with Crippen LogP contribution in [0.25, 0.3) is 0 Å². The van der Waals surface area contributed by atoms with E-state index in [0.717, 1.165) is 12.8 Å². The second-order valence-corrected chi connectivity index (χ2v) is 5.14. The van der Waals surface area contributed by atoms with Crippen molar-refractivity contribution in [3.63, 3.8) is 0 Å². The van der Waals surface area contributed by atoms with Gasteiger partial charge in [0.25, 0.3) is 5.89 Å². The maximum Gasteiger partial charge on any atom is 0.255 e. The molecular formula is C13H23N3O3. The standard InChI is InChI=1S/C13H23N3O3/c1-18-11(9-5-3-2-4-6-9)12-15-13(19-16-12)10(17)7-8-14/h9-11,17H,2-8,14H2,1H3. The zero-order valence-corrected chi connectivity index (χ0v) is 11.4. The Morgan fingerprint density at radius 3 is 2.79 bits per heavy atom. The smallest absolute Gasteiger partial charge is 0.255 e. The van der Waals surface area contributed by atoms with Gasteiger partial charge in [-0.2, -0.15) is 4.98 Å². The predicted molar refractivity (Wildman–Crippen MR) is 69.3 cm³/mol. The van der Waals surface area contributed by atoms with Gasteiger partial charge in [0.2, 0.25) is 5.82 Å². The van der Waals surface area contributed by atoms with E-state index in [2.05, 4.69) is 10.1 Å². The highest BCUT2D eigenvalue weighted by molar-refractivity contribution is 4.96. The summed E-state index contributed by atoms with van der Waals surface area (Å²) in [7, 11) is 1.67. The van der Waals surface area contributed by atoms with Gasteiger partial charge in [-0.1, -0.05) is 24.4 Å². The van der Waals surface area contributed by atoms with Gasteiger partial charge < -0.3 is 20.1 Å². The van der Waals surface area contributed by atoms with Gasteiger partial charge in [-0.25, -0.2) is 0 Å². The molecule has 1 aromatic rings. The van der Waals surface area contributed by atoms with E-state index in [-0.39, 0.29) is 12.0 Å². The third-order valence-corrected chi connectivity index (χ3v) is 3.77. The van der Waals surface area contributed by atoms with E-state index in [1.165, 1.54) is 19.3 Å². The number of nitrogens with two attached hydrogens (primary N) is 1. The van der Waals surface area contributed by atoms with Crippen molar-refractivity contribution in [2.24, 2.45) is 11.7 Å². The average molecular weight is 269 g/mol. The highest BCUT2D eigenvalue weighted by Crippen LogP contribution is 2.35. The second-order valence-electron chi connectivity index (χ2n) is 5.14. The zero-order valence-electron chi connectivity index (χ0n) is 11.4. The molecule has 0 amide bonds. The number of aliphatic hydroxyl groups excluding tert-OH is 1. The Labute approximate surface area is 113 Å². The average Bonchev–Trinajstić information content (AvgIpc) is 2.91. The normalized spacial score (nSPS) is 20.4. The van der Waals surface area contributed by atoms with Crippen LogP contribution in [0.5, 0.6) is 0 Å². The Morgan fingerprint density at radius 2 is 2.16 bits per heavy atom. The van der Waals surface area contributed by atoms with E-state index in [1.807, 2.05) is 0 Å². The summed E-state index contributed by atoms with van der Waals surface area (Å²) in [4.78, 5) is 4.27. The number of methoxy groups -OCH3 is 1. The van der Waals surface area contributed by atoms with Gasteiger partial charge in [-0.05, 0) is 31.7 Å². The van der Waals surface area contributed by atoms with Gasteiger partial charge in [-0.3, -0.25) is 0 Å². The summed E-state index contributed by atoms with van der Waals surface area (Å²) in [6, 6.07) is 0. The summed E-state index contributed by atoms with van der Waals surface area (Å²) in [6.07, 6.45) is 5.51. The number of hydrogen-bond acceptors (Lipinski definition) is 6. The van der Waals surface area contributed by atoms with Gasteiger partial charge >= 0.3 is 0 Å². The van der Waals surface area contributed by atoms with Crippen LogP contribution in [0.2, 0.25) is 0 Å². The van der Waals surface area contributed by atoms with Crippen LogP contribution in [-0.2, 0) is 4.74 Å². The number of hydrogen-bond donors (Lipinski definition) is 2. The van der Waals surface area contributed by atoms with Crippen LogP contribution in [0.1, 0.15) is 62.4 Å². The van der Waals surface area contributed by atoms with Crippen LogP contribution < -0.4 is 5.73 Å². The molecule has 0 saturated heterocycles. The fraction of sp³-hybridized carbons (Fsp3) is 0.846. The lowest BCUT2D eigenvalue weighted by Crippen LogP contribution is -2.19. The monoisotopic (exact) mass is 269 g/mol. The molecule has 3 N–H and O–H groups in total. The molecule has 108 valence electrons. The minimum Gasteiger partial charge on any atom is -0.383 e. The molecular weight excluding hydrogens is 246 g/mol. The summed E-state index contributed by atoms with van der Waals surface area (Å²) < 4.78 is 10.6. The van der Waals surface area contributed by atoms with E-state index in [4.69, 9.17) is 15.0 Å². The van der Waals surface area contributed by atoms with E-state index in [1.54, 1.807) is 7.11 Å². The number of ether oxygens (including phenoxy) is 1. The van der Waals surface area contributed by atoms with Crippen molar-refractivity contribution in [3.8, 4) is 0 Å². The number of aliphatic hydroxyl groups is 1. The van der Waals surface area contributed by atoms with Crippen molar-refractivity contribution in [1.82, 2.24) is 10.1 Å². The van der Waals surface area contributed by atoms with E-state index in [0.29, 0.717) is 24.7 Å². The third-order valence-electron chi connectivity index (χ3n) is 3.77. The first-order valence-corrected chi connectivity index (χ1v) is 7.00. The third kappa shape index (κ3) is 3.52. The lowest BCUT2D eigenvalue weighted by Gasteiger charge is -2.26. The van der Waals surface area contributed by atoms with Crippen LogP contribution in [0.15, 0.2) is 4.52 Å². The van der Waals surface area contributed by atoms with E-state index >= 15 is 0 Å². The fourth-order valence-electron chi connectivity index (χ4n) is 2.73. The van der Waals surface area contributed by atoms with Gasteiger partial charge in [-0.15, -0.1) is 0 Å². The molecule has 0 bridgehead atoms. The Bertz CT molecular complexity index is 377.